The zero-order valence-corrected chi connectivity index (χ0v) is 12.0. The maximum atomic E-state index is 12.0. The van der Waals surface area contributed by atoms with E-state index in [2.05, 4.69) is 0 Å². The Kier molecular flexibility index (Phi) is 3.97. The van der Waals surface area contributed by atoms with Gasteiger partial charge in [0.15, 0.2) is 6.61 Å². The molecule has 9 nitrogen and oxygen atoms in total. The van der Waals surface area contributed by atoms with Crippen molar-refractivity contribution in [2.75, 3.05) is 12.3 Å². The molecule has 0 amide bonds. The molecule has 0 fully saturated rings. The summed E-state index contributed by atoms with van der Waals surface area (Å²) in [5.74, 6) is -1.79. The van der Waals surface area contributed by atoms with Gasteiger partial charge in [0.05, 0.1) is 0 Å². The predicted octanol–water partition coefficient (Wildman–Crippen LogP) is -0.966. The van der Waals surface area contributed by atoms with Crippen molar-refractivity contribution < 1.29 is 14.3 Å². The Bertz CT molecular complexity index is 858. The average Bonchev–Trinajstić information content (AvgIpc) is 2.88. The maximum absolute atomic E-state index is 12.0. The number of aryl methyl sites for hydroxylation is 1. The molecule has 2 aromatic rings. The summed E-state index contributed by atoms with van der Waals surface area (Å²) in [4.78, 5) is 48.7. The van der Waals surface area contributed by atoms with Crippen molar-refractivity contribution in [3.05, 3.63) is 50.4 Å². The molecule has 116 valence electrons. The molecule has 2 heterocycles. The number of hydrogen-bond acceptors (Lipinski definition) is 6. The number of nitrogen functional groups attached to an aromatic ring is 1. The molecule has 2 rings (SSSR count). The van der Waals surface area contributed by atoms with Crippen molar-refractivity contribution in [1.82, 2.24) is 14.1 Å². The Labute approximate surface area is 123 Å². The first-order chi connectivity index (χ1) is 10.3. The highest BCUT2D eigenvalue weighted by molar-refractivity contribution is 6.02. The van der Waals surface area contributed by atoms with E-state index in [1.54, 1.807) is 19.3 Å². The van der Waals surface area contributed by atoms with Gasteiger partial charge in [-0.1, -0.05) is 0 Å². The second-order valence-electron chi connectivity index (χ2n) is 4.58. The Hall–Kier alpha value is -3.10. The number of hydrogen-bond donors (Lipinski definition) is 2. The maximum Gasteiger partial charge on any atom is 0.355 e. The summed E-state index contributed by atoms with van der Waals surface area (Å²) in [6, 6.07) is 3.17. The summed E-state index contributed by atoms with van der Waals surface area (Å²) in [7, 11) is 2.95. The molecule has 0 bridgehead atoms. The highest BCUT2D eigenvalue weighted by atomic mass is 16.5. The van der Waals surface area contributed by atoms with Gasteiger partial charge in [0.25, 0.3) is 5.56 Å². The average molecular weight is 306 g/mol. The van der Waals surface area contributed by atoms with Crippen LogP contribution in [0.5, 0.6) is 0 Å². The number of nitrogens with two attached hydrogens (primary N) is 1. The van der Waals surface area contributed by atoms with E-state index < -0.39 is 35.2 Å². The third kappa shape index (κ3) is 2.68. The number of ether oxygens (including phenoxy) is 1. The Morgan fingerprint density at radius 1 is 1.32 bits per heavy atom. The van der Waals surface area contributed by atoms with Gasteiger partial charge in [0.1, 0.15) is 17.1 Å². The lowest BCUT2D eigenvalue weighted by Gasteiger charge is -2.08. The van der Waals surface area contributed by atoms with Crippen LogP contribution in [0.25, 0.3) is 0 Å². The zero-order valence-electron chi connectivity index (χ0n) is 12.0. The Balaban J connectivity index is 2.19. The van der Waals surface area contributed by atoms with Crippen LogP contribution in [0.3, 0.4) is 0 Å². The number of H-pyrrole nitrogens is 1. The van der Waals surface area contributed by atoms with E-state index in [4.69, 9.17) is 10.5 Å². The van der Waals surface area contributed by atoms with Crippen molar-refractivity contribution in [1.29, 1.82) is 0 Å². The van der Waals surface area contributed by atoms with Gasteiger partial charge in [-0.05, 0) is 12.1 Å². The molecule has 0 aliphatic rings. The molecular weight excluding hydrogens is 292 g/mol. The van der Waals surface area contributed by atoms with Crippen molar-refractivity contribution >= 4 is 17.6 Å². The van der Waals surface area contributed by atoms with Crippen LogP contribution in [0.4, 0.5) is 5.82 Å². The van der Waals surface area contributed by atoms with Gasteiger partial charge in [0.2, 0.25) is 5.78 Å². The van der Waals surface area contributed by atoms with Gasteiger partial charge in [-0.15, -0.1) is 0 Å². The first-order valence-corrected chi connectivity index (χ1v) is 6.23. The van der Waals surface area contributed by atoms with Gasteiger partial charge in [-0.25, -0.2) is 9.59 Å². The number of nitrogens with zero attached hydrogens (tertiary/aromatic N) is 2. The lowest BCUT2D eigenvalue weighted by molar-refractivity contribution is 0.0465. The summed E-state index contributed by atoms with van der Waals surface area (Å²) in [5.41, 5.74) is 3.78. The number of rotatable bonds is 4. The molecule has 0 aliphatic carbocycles. The smallest absolute Gasteiger partial charge is 0.355 e. The highest BCUT2D eigenvalue weighted by Gasteiger charge is 2.20. The second kappa shape index (κ2) is 5.72. The zero-order chi connectivity index (χ0) is 16.4. The third-order valence-electron chi connectivity index (χ3n) is 3.14. The largest absolute Gasteiger partial charge is 0.453 e. The molecule has 0 saturated heterocycles. The van der Waals surface area contributed by atoms with Crippen LogP contribution < -0.4 is 17.0 Å². The topological polar surface area (TPSA) is 129 Å². The van der Waals surface area contributed by atoms with Gasteiger partial charge in [0, 0.05) is 20.3 Å². The minimum absolute atomic E-state index is 0.259. The molecule has 0 atom stereocenters. The van der Waals surface area contributed by atoms with Crippen molar-refractivity contribution in [2.24, 2.45) is 14.1 Å². The quantitative estimate of drug-likeness (QED) is 0.552. The summed E-state index contributed by atoms with van der Waals surface area (Å²) < 4.78 is 7.31. The number of carbonyl (C=O) groups excluding carboxylic acids is 2. The fourth-order valence-electron chi connectivity index (χ4n) is 1.86. The van der Waals surface area contributed by atoms with E-state index in [0.717, 1.165) is 4.57 Å². The minimum Gasteiger partial charge on any atom is -0.453 e. The molecule has 3 N–H and O–H groups in total. The van der Waals surface area contributed by atoms with Gasteiger partial charge >= 0.3 is 11.7 Å². The number of ketones is 1. The van der Waals surface area contributed by atoms with Gasteiger partial charge < -0.3 is 15.0 Å². The number of aromatic amines is 1. The number of anilines is 1. The monoisotopic (exact) mass is 306 g/mol. The van der Waals surface area contributed by atoms with Crippen LogP contribution in [-0.2, 0) is 18.8 Å². The fourth-order valence-corrected chi connectivity index (χ4v) is 1.86. The lowest BCUT2D eigenvalue weighted by Crippen LogP contribution is -2.35. The molecule has 0 spiro atoms. The molecular formula is C13H14N4O5. The van der Waals surface area contributed by atoms with Gasteiger partial charge in [-0.2, -0.15) is 0 Å². The lowest BCUT2D eigenvalue weighted by atomic mass is 10.2. The van der Waals surface area contributed by atoms with Gasteiger partial charge in [-0.3, -0.25) is 19.1 Å². The SMILES string of the molecule is Cn1cccc1C(=O)OCC(=O)c1c(N)n(C)c(=O)[nH]c1=O. The molecule has 22 heavy (non-hydrogen) atoms. The molecule has 0 radical (unpaired) electrons. The van der Waals surface area contributed by atoms with E-state index in [9.17, 15) is 19.2 Å². The highest BCUT2D eigenvalue weighted by Crippen LogP contribution is 2.06. The number of nitrogens with one attached hydrogen (secondary N) is 1. The van der Waals surface area contributed by atoms with Crippen LogP contribution in [0.15, 0.2) is 27.9 Å². The Morgan fingerprint density at radius 3 is 2.59 bits per heavy atom. The summed E-state index contributed by atoms with van der Waals surface area (Å²) >= 11 is 0. The van der Waals surface area contributed by atoms with E-state index in [1.165, 1.54) is 17.7 Å². The van der Waals surface area contributed by atoms with Crippen LogP contribution in [0, 0.1) is 0 Å². The molecule has 0 saturated carbocycles. The first-order valence-electron chi connectivity index (χ1n) is 6.23. The van der Waals surface area contributed by atoms with E-state index >= 15 is 0 Å². The van der Waals surface area contributed by atoms with Crippen molar-refractivity contribution in [3.63, 3.8) is 0 Å². The number of carbonyl (C=O) groups is 2. The number of esters is 1. The predicted molar refractivity (Wildman–Crippen MR) is 76.7 cm³/mol. The summed E-state index contributed by atoms with van der Waals surface area (Å²) in [5, 5.41) is 0. The van der Waals surface area contributed by atoms with E-state index in [0.29, 0.717) is 0 Å². The van der Waals surface area contributed by atoms with Crippen LogP contribution in [0.1, 0.15) is 20.8 Å². The first kappa shape index (κ1) is 15.3. The minimum atomic E-state index is -0.916. The summed E-state index contributed by atoms with van der Waals surface area (Å²) in [6.07, 6.45) is 1.65. The Morgan fingerprint density at radius 2 is 2.00 bits per heavy atom. The van der Waals surface area contributed by atoms with Crippen LogP contribution >= 0.6 is 0 Å². The molecule has 0 aliphatic heterocycles. The van der Waals surface area contributed by atoms with Crippen molar-refractivity contribution in [2.45, 2.75) is 0 Å². The fraction of sp³-hybridized carbons (Fsp3) is 0.231. The molecule has 2 aromatic heterocycles. The molecule has 0 unspecified atom stereocenters. The number of aromatic nitrogens is 3. The number of Topliss-reactive ketones (excluding diaryl/α,β-unsaturated/α-hetero) is 1. The second-order valence-corrected chi connectivity index (χ2v) is 4.58. The van der Waals surface area contributed by atoms with Crippen LogP contribution in [0.2, 0.25) is 0 Å². The molecule has 0 aromatic carbocycles. The summed E-state index contributed by atoms with van der Waals surface area (Å²) in [6.45, 7) is -0.657. The standard InChI is InChI=1S/C13H14N4O5/c1-16-5-3-4-7(16)12(20)22-6-8(18)9-10(14)17(2)13(21)15-11(9)19/h3-5H,6,14H2,1-2H3,(H,15,19,21). The third-order valence-corrected chi connectivity index (χ3v) is 3.14. The van der Waals surface area contributed by atoms with Crippen LogP contribution in [-0.4, -0.2) is 32.5 Å². The molecule has 9 heteroatoms. The normalized spacial score (nSPS) is 10.5. The van der Waals surface area contributed by atoms with E-state index in [1.807, 2.05) is 4.98 Å². The van der Waals surface area contributed by atoms with Crippen molar-refractivity contribution in [3.8, 4) is 0 Å². The van der Waals surface area contributed by atoms with E-state index in [-0.39, 0.29) is 11.5 Å².